The Bertz CT molecular complexity index is 1260. The van der Waals surface area contributed by atoms with Crippen molar-refractivity contribution >= 4 is 10.0 Å². The number of hydrogen-bond acceptors (Lipinski definition) is 5. The van der Waals surface area contributed by atoms with Crippen LogP contribution in [0.1, 0.15) is 29.9 Å². The minimum atomic E-state index is -3.67. The number of aryl methyl sites for hydroxylation is 2. The highest BCUT2D eigenvalue weighted by Crippen LogP contribution is 2.43. The summed E-state index contributed by atoms with van der Waals surface area (Å²) in [6.07, 6.45) is 4.78. The number of nitrogens with zero attached hydrogens (tertiary/aromatic N) is 4. The van der Waals surface area contributed by atoms with Gasteiger partial charge in [-0.1, -0.05) is 48.5 Å². The van der Waals surface area contributed by atoms with E-state index >= 15 is 0 Å². The molecule has 2 aliphatic heterocycles. The first-order valence-electron chi connectivity index (χ1n) is 11.9. The Morgan fingerprint density at radius 2 is 1.79 bits per heavy atom. The molecule has 0 aliphatic carbocycles. The van der Waals surface area contributed by atoms with Crippen molar-refractivity contribution in [2.45, 2.75) is 42.8 Å². The Labute approximate surface area is 201 Å². The van der Waals surface area contributed by atoms with Gasteiger partial charge in [-0.05, 0) is 48.6 Å². The molecule has 0 unspecified atom stereocenters. The Morgan fingerprint density at radius 1 is 1.06 bits per heavy atom. The summed E-state index contributed by atoms with van der Waals surface area (Å²) < 4.78 is 30.0. The van der Waals surface area contributed by atoms with Gasteiger partial charge >= 0.3 is 0 Å². The van der Waals surface area contributed by atoms with Crippen molar-refractivity contribution in [2.75, 3.05) is 26.2 Å². The zero-order valence-electron chi connectivity index (χ0n) is 19.7. The molecule has 2 fully saturated rings. The first kappa shape index (κ1) is 23.2. The van der Waals surface area contributed by atoms with Crippen LogP contribution < -0.4 is 0 Å². The van der Waals surface area contributed by atoms with E-state index in [-0.39, 0.29) is 29.6 Å². The van der Waals surface area contributed by atoms with E-state index in [0.717, 1.165) is 30.5 Å². The van der Waals surface area contributed by atoms with Gasteiger partial charge in [0.15, 0.2) is 5.03 Å². The van der Waals surface area contributed by atoms with E-state index in [4.69, 9.17) is 0 Å². The topological polar surface area (TPSA) is 78.7 Å². The number of benzene rings is 2. The molecule has 3 heterocycles. The van der Waals surface area contributed by atoms with Crippen LogP contribution in [0.15, 0.2) is 66.1 Å². The van der Waals surface area contributed by atoms with Crippen LogP contribution in [-0.4, -0.2) is 70.6 Å². The van der Waals surface area contributed by atoms with Crippen LogP contribution in [0.3, 0.4) is 0 Å². The Kier molecular flexibility index (Phi) is 6.33. The van der Waals surface area contributed by atoms with Crippen molar-refractivity contribution in [1.29, 1.82) is 0 Å². The third-order valence-corrected chi connectivity index (χ3v) is 9.12. The van der Waals surface area contributed by atoms with Gasteiger partial charge in [-0.25, -0.2) is 13.4 Å². The first-order chi connectivity index (χ1) is 16.4. The summed E-state index contributed by atoms with van der Waals surface area (Å²) in [5.74, 6) is 0.0791. The van der Waals surface area contributed by atoms with Gasteiger partial charge in [0.2, 0.25) is 0 Å². The molecule has 0 bridgehead atoms. The number of sulfonamides is 1. The third kappa shape index (κ3) is 4.09. The van der Waals surface area contributed by atoms with Crippen LogP contribution in [0.25, 0.3) is 11.1 Å². The Balaban J connectivity index is 1.43. The SMILES string of the molecule is Cc1ccccc1-c1ccc([C@@H]2[C@H](CO)N3CCCCN(S(=O)(=O)c4cn(C)cn4)C[C@@H]23)cc1. The second kappa shape index (κ2) is 9.26. The number of fused-ring (bicyclic) bond motifs is 1. The van der Waals surface area contributed by atoms with Gasteiger partial charge in [-0.2, -0.15) is 4.31 Å². The average molecular weight is 481 g/mol. The molecule has 2 aliphatic rings. The summed E-state index contributed by atoms with van der Waals surface area (Å²) in [6, 6.07) is 16.9. The molecule has 0 amide bonds. The fourth-order valence-electron chi connectivity index (χ4n) is 5.56. The van der Waals surface area contributed by atoms with Gasteiger partial charge in [0.05, 0.1) is 12.9 Å². The van der Waals surface area contributed by atoms with Crippen LogP contribution in [0, 0.1) is 6.92 Å². The van der Waals surface area contributed by atoms with Crippen LogP contribution in [0.5, 0.6) is 0 Å². The molecule has 34 heavy (non-hydrogen) atoms. The maximum atomic E-state index is 13.4. The molecule has 5 rings (SSSR count). The largest absolute Gasteiger partial charge is 0.395 e. The summed E-state index contributed by atoms with van der Waals surface area (Å²) in [5, 5.41) is 10.3. The van der Waals surface area contributed by atoms with Gasteiger partial charge < -0.3 is 9.67 Å². The fourth-order valence-corrected chi connectivity index (χ4v) is 7.03. The van der Waals surface area contributed by atoms with Gasteiger partial charge in [-0.3, -0.25) is 4.90 Å². The predicted molar refractivity (Wildman–Crippen MR) is 132 cm³/mol. The van der Waals surface area contributed by atoms with Crippen molar-refractivity contribution in [3.8, 4) is 11.1 Å². The van der Waals surface area contributed by atoms with Crippen molar-refractivity contribution in [3.05, 3.63) is 72.2 Å². The summed E-state index contributed by atoms with van der Waals surface area (Å²) in [5.41, 5.74) is 4.75. The number of aromatic nitrogens is 2. The molecule has 1 N–H and O–H groups in total. The average Bonchev–Trinajstić information content (AvgIpc) is 3.26. The maximum absolute atomic E-state index is 13.4. The van der Waals surface area contributed by atoms with Gasteiger partial charge in [0, 0.05) is 44.3 Å². The molecule has 180 valence electrons. The van der Waals surface area contributed by atoms with E-state index in [0.29, 0.717) is 13.1 Å². The fraction of sp³-hybridized carbons (Fsp3) is 0.423. The second-order valence-electron chi connectivity index (χ2n) is 9.47. The minimum absolute atomic E-state index is 0.00631. The lowest BCUT2D eigenvalue weighted by atomic mass is 9.74. The smallest absolute Gasteiger partial charge is 0.262 e. The molecular weight excluding hydrogens is 448 g/mol. The van der Waals surface area contributed by atoms with E-state index in [1.54, 1.807) is 22.1 Å². The maximum Gasteiger partial charge on any atom is 0.262 e. The van der Waals surface area contributed by atoms with Crippen LogP contribution in [0.2, 0.25) is 0 Å². The molecule has 2 saturated heterocycles. The van der Waals surface area contributed by atoms with E-state index in [1.165, 1.54) is 17.5 Å². The molecule has 7 nitrogen and oxygen atoms in total. The lowest BCUT2D eigenvalue weighted by molar-refractivity contribution is -0.0554. The molecule has 3 aromatic rings. The highest BCUT2D eigenvalue weighted by molar-refractivity contribution is 7.89. The lowest BCUT2D eigenvalue weighted by Gasteiger charge is -2.57. The predicted octanol–water partition coefficient (Wildman–Crippen LogP) is 3.01. The van der Waals surface area contributed by atoms with Crippen molar-refractivity contribution in [1.82, 2.24) is 18.8 Å². The highest BCUT2D eigenvalue weighted by Gasteiger charge is 2.50. The third-order valence-electron chi connectivity index (χ3n) is 7.37. The quantitative estimate of drug-likeness (QED) is 0.607. The number of rotatable bonds is 5. The molecular formula is C26H32N4O3S. The zero-order valence-corrected chi connectivity index (χ0v) is 20.5. The lowest BCUT2D eigenvalue weighted by Crippen LogP contribution is -2.67. The minimum Gasteiger partial charge on any atom is -0.395 e. The Morgan fingerprint density at radius 3 is 2.47 bits per heavy atom. The van der Waals surface area contributed by atoms with Crippen molar-refractivity contribution in [3.63, 3.8) is 0 Å². The molecule has 2 aromatic carbocycles. The van der Waals surface area contributed by atoms with Crippen LogP contribution in [-0.2, 0) is 17.1 Å². The molecule has 0 saturated carbocycles. The Hall–Kier alpha value is -2.52. The van der Waals surface area contributed by atoms with E-state index in [9.17, 15) is 13.5 Å². The molecule has 8 heteroatoms. The number of aliphatic hydroxyl groups is 1. The molecule has 3 atom stereocenters. The second-order valence-corrected chi connectivity index (χ2v) is 11.4. The zero-order chi connectivity index (χ0) is 23.9. The summed E-state index contributed by atoms with van der Waals surface area (Å²) in [6.45, 7) is 3.95. The van der Waals surface area contributed by atoms with Crippen molar-refractivity contribution in [2.24, 2.45) is 7.05 Å². The summed E-state index contributed by atoms with van der Waals surface area (Å²) in [7, 11) is -1.89. The number of imidazole rings is 1. The monoisotopic (exact) mass is 480 g/mol. The standard InChI is InChI=1S/C26H32N4O3S/c1-19-7-3-4-8-22(19)20-9-11-21(12-10-20)26-23-15-29(13-5-6-14-30(23)24(26)17-31)34(32,33)25-16-28(2)18-27-25/h3-4,7-12,16,18,23-24,26,31H,5-6,13-15,17H2,1-2H3/t23-,24-,26-/m0/s1. The van der Waals surface area contributed by atoms with E-state index < -0.39 is 10.0 Å². The highest BCUT2D eigenvalue weighted by atomic mass is 32.2. The summed E-state index contributed by atoms with van der Waals surface area (Å²) in [4.78, 5) is 6.40. The van der Waals surface area contributed by atoms with Crippen LogP contribution >= 0.6 is 0 Å². The first-order valence-corrected chi connectivity index (χ1v) is 13.3. The van der Waals surface area contributed by atoms with E-state index in [1.807, 2.05) is 12.1 Å². The van der Waals surface area contributed by atoms with Crippen LogP contribution in [0.4, 0.5) is 0 Å². The van der Waals surface area contributed by atoms with E-state index in [2.05, 4.69) is 53.2 Å². The molecule has 0 radical (unpaired) electrons. The van der Waals surface area contributed by atoms with Gasteiger partial charge in [0.1, 0.15) is 0 Å². The normalized spacial score (nSPS) is 24.1. The number of hydrogen-bond donors (Lipinski definition) is 1. The molecule has 0 spiro atoms. The van der Waals surface area contributed by atoms with Gasteiger partial charge in [0.25, 0.3) is 10.0 Å². The van der Waals surface area contributed by atoms with Crippen molar-refractivity contribution < 1.29 is 13.5 Å². The molecule has 1 aromatic heterocycles. The van der Waals surface area contributed by atoms with Gasteiger partial charge in [-0.15, -0.1) is 0 Å². The number of aliphatic hydroxyl groups excluding tert-OH is 1. The summed E-state index contributed by atoms with van der Waals surface area (Å²) >= 11 is 0.